The smallest absolute Gasteiger partial charge is 0.267 e. The second-order valence-corrected chi connectivity index (χ2v) is 9.01. The first-order chi connectivity index (χ1) is 14.8. The van der Waals surface area contributed by atoms with E-state index in [4.69, 9.17) is 4.74 Å². The van der Waals surface area contributed by atoms with Gasteiger partial charge in [-0.2, -0.15) is 0 Å². The summed E-state index contributed by atoms with van der Waals surface area (Å²) in [6, 6.07) is 22.1. The maximum atomic E-state index is 13.0. The third kappa shape index (κ3) is 4.29. The minimum absolute atomic E-state index is 0.170. The Kier molecular flexibility index (Phi) is 5.48. The second kappa shape index (κ2) is 8.23. The maximum Gasteiger partial charge on any atom is 0.267 e. The zero-order valence-corrected chi connectivity index (χ0v) is 17.5. The van der Waals surface area contributed by atoms with Crippen LogP contribution in [0.5, 0.6) is 5.75 Å². The van der Waals surface area contributed by atoms with Gasteiger partial charge in [-0.15, -0.1) is 0 Å². The van der Waals surface area contributed by atoms with Gasteiger partial charge in [-0.05, 0) is 24.3 Å². The van der Waals surface area contributed by atoms with Crippen molar-refractivity contribution in [1.29, 1.82) is 0 Å². The number of fused-ring (bicyclic) bond motifs is 1. The summed E-state index contributed by atoms with van der Waals surface area (Å²) in [4.78, 5) is 25.9. The van der Waals surface area contributed by atoms with Crippen LogP contribution in [0.4, 0.5) is 11.4 Å². The van der Waals surface area contributed by atoms with Crippen LogP contribution in [0.25, 0.3) is 0 Å². The number of nitrogens with zero attached hydrogens (tertiary/aromatic N) is 1. The number of ketones is 1. The van der Waals surface area contributed by atoms with Crippen molar-refractivity contribution >= 4 is 33.1 Å². The molecule has 0 saturated carbocycles. The fraction of sp³-hybridized carbons (Fsp3) is 0.130. The Labute approximate surface area is 180 Å². The molecule has 1 unspecified atom stereocenters. The van der Waals surface area contributed by atoms with E-state index in [-0.39, 0.29) is 12.3 Å². The SMILES string of the molecule is CS(=O)(=O)N1CC(C(=O)Nc2ccccc2C(=O)c2ccccc2)Oc2ccccc21. The van der Waals surface area contributed by atoms with Gasteiger partial charge in [0.25, 0.3) is 5.91 Å². The van der Waals surface area contributed by atoms with Gasteiger partial charge in [-0.3, -0.25) is 13.9 Å². The zero-order valence-electron chi connectivity index (χ0n) is 16.7. The van der Waals surface area contributed by atoms with Gasteiger partial charge in [-0.25, -0.2) is 8.42 Å². The fourth-order valence-electron chi connectivity index (χ4n) is 3.40. The van der Waals surface area contributed by atoms with Gasteiger partial charge < -0.3 is 10.1 Å². The summed E-state index contributed by atoms with van der Waals surface area (Å²) >= 11 is 0. The molecule has 1 atom stereocenters. The number of rotatable bonds is 5. The van der Waals surface area contributed by atoms with Crippen molar-refractivity contribution in [2.75, 3.05) is 22.4 Å². The van der Waals surface area contributed by atoms with E-state index in [9.17, 15) is 18.0 Å². The number of amides is 1. The number of carbonyl (C=O) groups excluding carboxylic acids is 2. The number of carbonyl (C=O) groups is 2. The summed E-state index contributed by atoms with van der Waals surface area (Å²) in [5.41, 5.74) is 1.54. The summed E-state index contributed by atoms with van der Waals surface area (Å²) in [6.07, 6.45) is 0.00208. The minimum Gasteiger partial charge on any atom is -0.476 e. The second-order valence-electron chi connectivity index (χ2n) is 7.10. The summed E-state index contributed by atoms with van der Waals surface area (Å²) in [6.45, 7) is -0.170. The van der Waals surface area contributed by atoms with Gasteiger partial charge in [0, 0.05) is 11.1 Å². The third-order valence-corrected chi connectivity index (χ3v) is 6.04. The van der Waals surface area contributed by atoms with Crippen LogP contribution in [-0.2, 0) is 14.8 Å². The Morgan fingerprint density at radius 2 is 1.58 bits per heavy atom. The molecule has 3 aromatic carbocycles. The van der Waals surface area contributed by atoms with Crippen molar-refractivity contribution in [2.24, 2.45) is 0 Å². The molecule has 1 heterocycles. The normalized spacial score (nSPS) is 15.5. The molecule has 0 saturated heterocycles. The molecule has 158 valence electrons. The van der Waals surface area contributed by atoms with Crippen LogP contribution >= 0.6 is 0 Å². The summed E-state index contributed by atoms with van der Waals surface area (Å²) < 4.78 is 31.5. The van der Waals surface area contributed by atoms with E-state index in [0.717, 1.165) is 10.6 Å². The average molecular weight is 436 g/mol. The minimum atomic E-state index is -3.62. The number of benzene rings is 3. The fourth-order valence-corrected chi connectivity index (χ4v) is 4.32. The Bertz CT molecular complexity index is 1240. The van der Waals surface area contributed by atoms with Gasteiger partial charge in [0.15, 0.2) is 11.9 Å². The van der Waals surface area contributed by atoms with Crippen molar-refractivity contribution in [3.63, 3.8) is 0 Å². The van der Waals surface area contributed by atoms with Gasteiger partial charge in [0.2, 0.25) is 10.0 Å². The lowest BCUT2D eigenvalue weighted by atomic mass is 10.0. The lowest BCUT2D eigenvalue weighted by Gasteiger charge is -2.33. The zero-order chi connectivity index (χ0) is 22.0. The highest BCUT2D eigenvalue weighted by Crippen LogP contribution is 2.35. The Morgan fingerprint density at radius 1 is 0.935 bits per heavy atom. The number of anilines is 2. The average Bonchev–Trinajstić information content (AvgIpc) is 2.78. The molecule has 0 spiro atoms. The Balaban J connectivity index is 1.61. The number of nitrogens with one attached hydrogen (secondary N) is 1. The molecule has 0 bridgehead atoms. The molecule has 0 radical (unpaired) electrons. The lowest BCUT2D eigenvalue weighted by molar-refractivity contribution is -0.122. The molecule has 1 aliphatic rings. The van der Waals surface area contributed by atoms with E-state index in [1.165, 1.54) is 0 Å². The Morgan fingerprint density at radius 3 is 2.32 bits per heavy atom. The number of ether oxygens (including phenoxy) is 1. The van der Waals surface area contributed by atoms with E-state index in [0.29, 0.717) is 28.3 Å². The van der Waals surface area contributed by atoms with Crippen LogP contribution in [0.15, 0.2) is 78.9 Å². The molecule has 8 heteroatoms. The van der Waals surface area contributed by atoms with Gasteiger partial charge >= 0.3 is 0 Å². The van der Waals surface area contributed by atoms with Crippen LogP contribution in [-0.4, -0.2) is 39.0 Å². The van der Waals surface area contributed by atoms with Crippen molar-refractivity contribution in [2.45, 2.75) is 6.10 Å². The highest BCUT2D eigenvalue weighted by Gasteiger charge is 2.35. The van der Waals surface area contributed by atoms with Crippen LogP contribution in [0.1, 0.15) is 15.9 Å². The number of para-hydroxylation sites is 3. The van der Waals surface area contributed by atoms with Crippen LogP contribution in [0.2, 0.25) is 0 Å². The van der Waals surface area contributed by atoms with E-state index in [1.807, 2.05) is 6.07 Å². The molecule has 1 amide bonds. The first kappa shape index (κ1) is 20.6. The maximum absolute atomic E-state index is 13.0. The standard InChI is InChI=1S/C23H20N2O5S/c1-31(28,29)25-15-21(30-20-14-8-7-13-19(20)25)23(27)24-18-12-6-5-11-17(18)22(26)16-9-3-2-4-10-16/h2-14,21H,15H2,1H3,(H,24,27). The van der Waals surface area contributed by atoms with Crippen molar-refractivity contribution in [3.8, 4) is 5.75 Å². The summed E-state index contributed by atoms with van der Waals surface area (Å²) in [5.74, 6) is -0.478. The van der Waals surface area contributed by atoms with Crippen molar-refractivity contribution in [3.05, 3.63) is 90.0 Å². The lowest BCUT2D eigenvalue weighted by Crippen LogP contribution is -2.48. The molecule has 7 nitrogen and oxygen atoms in total. The van der Waals surface area contributed by atoms with E-state index in [1.54, 1.807) is 72.8 Å². The molecule has 1 N–H and O–H groups in total. The van der Waals surface area contributed by atoms with E-state index in [2.05, 4.69) is 5.32 Å². The largest absolute Gasteiger partial charge is 0.476 e. The third-order valence-electron chi connectivity index (χ3n) is 4.89. The van der Waals surface area contributed by atoms with Gasteiger partial charge in [-0.1, -0.05) is 54.6 Å². The first-order valence-corrected chi connectivity index (χ1v) is 11.4. The molecular formula is C23H20N2O5S. The predicted octanol–water partition coefficient (Wildman–Crippen LogP) is 3.08. The van der Waals surface area contributed by atoms with Crippen molar-refractivity contribution < 1.29 is 22.7 Å². The molecule has 0 aromatic heterocycles. The monoisotopic (exact) mass is 436 g/mol. The topological polar surface area (TPSA) is 92.8 Å². The van der Waals surface area contributed by atoms with Crippen LogP contribution in [0.3, 0.4) is 0 Å². The summed E-state index contributed by atoms with van der Waals surface area (Å²) in [7, 11) is -3.62. The Hall–Kier alpha value is -3.65. The van der Waals surface area contributed by atoms with Crippen LogP contribution in [0, 0.1) is 0 Å². The van der Waals surface area contributed by atoms with Crippen molar-refractivity contribution in [1.82, 2.24) is 0 Å². The molecule has 3 aromatic rings. The van der Waals surface area contributed by atoms with E-state index < -0.39 is 22.0 Å². The molecule has 1 aliphatic heterocycles. The molecule has 0 aliphatic carbocycles. The quantitative estimate of drug-likeness (QED) is 0.621. The number of hydrogen-bond donors (Lipinski definition) is 1. The number of hydrogen-bond acceptors (Lipinski definition) is 5. The molecule has 4 rings (SSSR count). The molecule has 0 fully saturated rings. The summed E-state index contributed by atoms with van der Waals surface area (Å²) in [5, 5.41) is 2.73. The number of sulfonamides is 1. The molecular weight excluding hydrogens is 416 g/mol. The predicted molar refractivity (Wildman–Crippen MR) is 118 cm³/mol. The molecule has 31 heavy (non-hydrogen) atoms. The van der Waals surface area contributed by atoms with Gasteiger partial charge in [0.05, 0.1) is 24.2 Å². The van der Waals surface area contributed by atoms with Gasteiger partial charge in [0.1, 0.15) is 5.75 Å². The first-order valence-electron chi connectivity index (χ1n) is 9.57. The van der Waals surface area contributed by atoms with Crippen LogP contribution < -0.4 is 14.4 Å². The highest BCUT2D eigenvalue weighted by molar-refractivity contribution is 7.92. The van der Waals surface area contributed by atoms with E-state index >= 15 is 0 Å². The highest BCUT2D eigenvalue weighted by atomic mass is 32.2.